The second kappa shape index (κ2) is 7.25. The molecular formula is C17H14F3NO4. The number of carbonyl (C=O) groups excluding carboxylic acids is 2. The zero-order valence-corrected chi connectivity index (χ0v) is 13.1. The van der Waals surface area contributed by atoms with Crippen LogP contribution in [0.3, 0.4) is 0 Å². The summed E-state index contributed by atoms with van der Waals surface area (Å²) in [5.41, 5.74) is -0.766. The lowest BCUT2D eigenvalue weighted by Crippen LogP contribution is -2.13. The fraction of sp³-hybridized carbons (Fsp3) is 0.176. The number of nitrogens with one attached hydrogen (secondary N) is 1. The number of anilines is 1. The Kier molecular flexibility index (Phi) is 5.31. The van der Waals surface area contributed by atoms with E-state index in [0.29, 0.717) is 0 Å². The van der Waals surface area contributed by atoms with Gasteiger partial charge >= 0.3 is 12.1 Å². The van der Waals surface area contributed by atoms with E-state index in [2.05, 4.69) is 5.32 Å². The molecule has 5 nitrogen and oxygen atoms in total. The lowest BCUT2D eigenvalue weighted by molar-refractivity contribution is -0.137. The number of esters is 1. The number of halogens is 3. The largest absolute Gasteiger partial charge is 0.506 e. The molecular weight excluding hydrogens is 339 g/mol. The van der Waals surface area contributed by atoms with Crippen molar-refractivity contribution in [1.29, 1.82) is 0 Å². The lowest BCUT2D eigenvalue weighted by Gasteiger charge is -2.10. The molecule has 0 aliphatic heterocycles. The molecule has 0 saturated heterocycles. The van der Waals surface area contributed by atoms with E-state index in [1.807, 2.05) is 0 Å². The molecule has 0 radical (unpaired) electrons. The molecule has 0 heterocycles. The van der Waals surface area contributed by atoms with Crippen molar-refractivity contribution in [3.8, 4) is 5.75 Å². The summed E-state index contributed by atoms with van der Waals surface area (Å²) in [5.74, 6) is -1.70. The van der Waals surface area contributed by atoms with Crippen LogP contribution in [-0.2, 0) is 10.9 Å². The average molecular weight is 353 g/mol. The van der Waals surface area contributed by atoms with Gasteiger partial charge in [-0.1, -0.05) is 0 Å². The molecule has 0 aliphatic rings. The topological polar surface area (TPSA) is 75.6 Å². The highest BCUT2D eigenvalue weighted by atomic mass is 19.4. The highest BCUT2D eigenvalue weighted by Crippen LogP contribution is 2.29. The van der Waals surface area contributed by atoms with Crippen LogP contribution in [0.1, 0.15) is 33.2 Å². The van der Waals surface area contributed by atoms with E-state index in [4.69, 9.17) is 4.74 Å². The molecule has 0 aromatic heterocycles. The van der Waals surface area contributed by atoms with E-state index >= 15 is 0 Å². The number of hydrogen-bond acceptors (Lipinski definition) is 4. The summed E-state index contributed by atoms with van der Waals surface area (Å²) >= 11 is 0. The smallest absolute Gasteiger partial charge is 0.416 e. The van der Waals surface area contributed by atoms with Gasteiger partial charge < -0.3 is 15.2 Å². The van der Waals surface area contributed by atoms with E-state index in [-0.39, 0.29) is 29.2 Å². The van der Waals surface area contributed by atoms with Crippen LogP contribution in [0.2, 0.25) is 0 Å². The first kappa shape index (κ1) is 18.3. The summed E-state index contributed by atoms with van der Waals surface area (Å²) in [5, 5.41) is 12.2. The van der Waals surface area contributed by atoms with E-state index in [1.54, 1.807) is 6.92 Å². The number of amides is 1. The van der Waals surface area contributed by atoms with Crippen LogP contribution < -0.4 is 5.32 Å². The Morgan fingerprint density at radius 1 is 1.08 bits per heavy atom. The van der Waals surface area contributed by atoms with E-state index in [9.17, 15) is 27.9 Å². The van der Waals surface area contributed by atoms with Crippen LogP contribution >= 0.6 is 0 Å². The summed E-state index contributed by atoms with van der Waals surface area (Å²) in [6.07, 6.45) is -4.49. The summed E-state index contributed by atoms with van der Waals surface area (Å²) in [6.45, 7) is 1.81. The number of phenols is 1. The third kappa shape index (κ3) is 4.50. The highest BCUT2D eigenvalue weighted by Gasteiger charge is 2.30. The quantitative estimate of drug-likeness (QED) is 0.647. The minimum atomic E-state index is -4.49. The molecule has 2 aromatic rings. The molecule has 0 spiro atoms. The van der Waals surface area contributed by atoms with E-state index < -0.39 is 23.6 Å². The Labute approximate surface area is 141 Å². The van der Waals surface area contributed by atoms with Gasteiger partial charge in [-0.05, 0) is 49.4 Å². The number of ether oxygens (including phenoxy) is 1. The molecule has 0 saturated carbocycles. The first-order valence-corrected chi connectivity index (χ1v) is 7.21. The third-order valence-corrected chi connectivity index (χ3v) is 3.23. The molecule has 0 fully saturated rings. The van der Waals surface area contributed by atoms with Crippen molar-refractivity contribution in [1.82, 2.24) is 0 Å². The molecule has 0 aliphatic carbocycles. The van der Waals surface area contributed by atoms with Crippen molar-refractivity contribution >= 4 is 17.6 Å². The SMILES string of the molecule is CCOC(=O)c1ccc(NC(=O)c2ccc(C(F)(F)F)cc2)c(O)c1. The zero-order chi connectivity index (χ0) is 18.6. The Bertz CT molecular complexity index is 785. The Hall–Kier alpha value is -3.03. The molecule has 1 amide bonds. The summed E-state index contributed by atoms with van der Waals surface area (Å²) in [4.78, 5) is 23.6. The molecule has 0 bridgehead atoms. The van der Waals surface area contributed by atoms with Crippen molar-refractivity contribution in [2.45, 2.75) is 13.1 Å². The van der Waals surface area contributed by atoms with Crippen molar-refractivity contribution < 1.29 is 32.6 Å². The van der Waals surface area contributed by atoms with Gasteiger partial charge in [-0.3, -0.25) is 4.79 Å². The Morgan fingerprint density at radius 2 is 1.68 bits per heavy atom. The predicted octanol–water partition coefficient (Wildman–Crippen LogP) is 3.84. The minimum absolute atomic E-state index is 0.0120. The Morgan fingerprint density at radius 3 is 2.20 bits per heavy atom. The molecule has 0 unspecified atom stereocenters. The van der Waals surface area contributed by atoms with Gasteiger partial charge in [0.2, 0.25) is 0 Å². The number of carbonyl (C=O) groups is 2. The second-order valence-electron chi connectivity index (χ2n) is 4.98. The zero-order valence-electron chi connectivity index (χ0n) is 13.1. The van der Waals surface area contributed by atoms with Crippen LogP contribution in [0.5, 0.6) is 5.75 Å². The molecule has 2 aromatic carbocycles. The van der Waals surface area contributed by atoms with Gasteiger partial charge in [-0.25, -0.2) is 4.79 Å². The molecule has 25 heavy (non-hydrogen) atoms. The van der Waals surface area contributed by atoms with Crippen molar-refractivity contribution in [3.05, 3.63) is 59.2 Å². The predicted molar refractivity (Wildman–Crippen MR) is 83.5 cm³/mol. The number of alkyl halides is 3. The lowest BCUT2D eigenvalue weighted by atomic mass is 10.1. The maximum Gasteiger partial charge on any atom is 0.416 e. The number of benzene rings is 2. The summed E-state index contributed by atoms with van der Waals surface area (Å²) in [6, 6.07) is 7.41. The number of hydrogen-bond donors (Lipinski definition) is 2. The van der Waals surface area contributed by atoms with Crippen LogP contribution in [-0.4, -0.2) is 23.6 Å². The highest BCUT2D eigenvalue weighted by molar-refractivity contribution is 6.05. The van der Waals surface area contributed by atoms with Crippen molar-refractivity contribution in [2.75, 3.05) is 11.9 Å². The van der Waals surface area contributed by atoms with Crippen LogP contribution in [0.25, 0.3) is 0 Å². The number of aromatic hydroxyl groups is 1. The fourth-order valence-corrected chi connectivity index (χ4v) is 1.98. The van der Waals surface area contributed by atoms with Crippen LogP contribution in [0, 0.1) is 0 Å². The second-order valence-corrected chi connectivity index (χ2v) is 4.98. The molecule has 2 N–H and O–H groups in total. The summed E-state index contributed by atoms with van der Waals surface area (Å²) in [7, 11) is 0. The Balaban J connectivity index is 2.14. The van der Waals surface area contributed by atoms with Crippen molar-refractivity contribution in [3.63, 3.8) is 0 Å². The molecule has 2 rings (SSSR count). The first-order valence-electron chi connectivity index (χ1n) is 7.21. The van der Waals surface area contributed by atoms with Gasteiger partial charge in [0.25, 0.3) is 5.91 Å². The maximum atomic E-state index is 12.5. The number of phenolic OH excluding ortho intramolecular Hbond substituents is 1. The third-order valence-electron chi connectivity index (χ3n) is 3.23. The van der Waals surface area contributed by atoms with E-state index in [0.717, 1.165) is 30.3 Å². The molecule has 0 atom stereocenters. The van der Waals surface area contributed by atoms with Gasteiger partial charge in [0, 0.05) is 5.56 Å². The van der Waals surface area contributed by atoms with Crippen LogP contribution in [0.4, 0.5) is 18.9 Å². The standard InChI is InChI=1S/C17H14F3NO4/c1-2-25-16(24)11-5-8-13(14(22)9-11)21-15(23)10-3-6-12(7-4-10)17(18,19)20/h3-9,22H,2H2,1H3,(H,21,23). The minimum Gasteiger partial charge on any atom is -0.506 e. The maximum absolute atomic E-state index is 12.5. The average Bonchev–Trinajstić information content (AvgIpc) is 2.56. The van der Waals surface area contributed by atoms with Crippen molar-refractivity contribution in [2.24, 2.45) is 0 Å². The molecule has 132 valence electrons. The normalized spacial score (nSPS) is 11.0. The number of rotatable bonds is 4. The van der Waals surface area contributed by atoms with Gasteiger partial charge in [0.15, 0.2) is 0 Å². The van der Waals surface area contributed by atoms with Gasteiger partial charge in [0.05, 0.1) is 23.4 Å². The van der Waals surface area contributed by atoms with E-state index in [1.165, 1.54) is 12.1 Å². The fourth-order valence-electron chi connectivity index (χ4n) is 1.98. The van der Waals surface area contributed by atoms with Gasteiger partial charge in [-0.2, -0.15) is 13.2 Å². The molecule has 8 heteroatoms. The monoisotopic (exact) mass is 353 g/mol. The first-order chi connectivity index (χ1) is 11.7. The van der Waals surface area contributed by atoms with Gasteiger partial charge in [-0.15, -0.1) is 0 Å². The van der Waals surface area contributed by atoms with Gasteiger partial charge in [0.1, 0.15) is 5.75 Å². The summed E-state index contributed by atoms with van der Waals surface area (Å²) < 4.78 is 42.3. The van der Waals surface area contributed by atoms with Crippen LogP contribution in [0.15, 0.2) is 42.5 Å².